The van der Waals surface area contributed by atoms with E-state index in [4.69, 9.17) is 52.1 Å². The van der Waals surface area contributed by atoms with Crippen molar-refractivity contribution in [2.45, 2.75) is 174 Å². The van der Waals surface area contributed by atoms with Crippen LogP contribution in [-0.4, -0.2) is 123 Å². The molecule has 0 spiro atoms. The smallest absolute Gasteiger partial charge is 0.338 e. The molecular formula is C86H94O18. The number of fused-ring (bicyclic) bond motifs is 7. The van der Waals surface area contributed by atoms with E-state index in [9.17, 15) is 33.6 Å². The van der Waals surface area contributed by atoms with Crippen LogP contribution >= 0.6 is 0 Å². The molecule has 104 heavy (non-hydrogen) atoms. The molecule has 2 saturated heterocycles. The van der Waals surface area contributed by atoms with Crippen LogP contribution in [0.5, 0.6) is 0 Å². The Labute approximate surface area is 608 Å². The zero-order chi connectivity index (χ0) is 73.2. The minimum atomic E-state index is -1.82. The van der Waals surface area contributed by atoms with Crippen LogP contribution in [-0.2, 0) is 56.9 Å². The molecule has 0 unspecified atom stereocenters. The van der Waals surface area contributed by atoms with Gasteiger partial charge in [-0.25, -0.2) is 28.8 Å². The van der Waals surface area contributed by atoms with Crippen LogP contribution in [0.25, 0.3) is 0 Å². The lowest BCUT2D eigenvalue weighted by atomic mass is 9.33. The van der Waals surface area contributed by atoms with E-state index in [1.54, 1.807) is 177 Å². The zero-order valence-electron chi connectivity index (χ0n) is 60.2. The van der Waals surface area contributed by atoms with Gasteiger partial charge in [0.2, 0.25) is 0 Å². The minimum Gasteiger partial charge on any atom is -0.461 e. The van der Waals surface area contributed by atoms with Crippen molar-refractivity contribution >= 4 is 41.8 Å². The molecule has 6 aromatic carbocycles. The molecular weight excluding hydrogens is 1320 g/mol. The molecule has 18 heteroatoms. The highest BCUT2D eigenvalue weighted by Gasteiger charge is 2.71. The van der Waals surface area contributed by atoms with E-state index in [2.05, 4.69) is 54.2 Å². The molecule has 5 aliphatic carbocycles. The fraction of sp³-hybridized carbons (Fsp3) is 0.453. The molecule has 2 heterocycles. The van der Waals surface area contributed by atoms with Crippen molar-refractivity contribution in [2.24, 2.45) is 50.2 Å². The quantitative estimate of drug-likeness (QED) is 0.0300. The third-order valence-electron chi connectivity index (χ3n) is 24.6. The van der Waals surface area contributed by atoms with Gasteiger partial charge in [-0.15, -0.1) is 0 Å². The molecule has 7 aliphatic rings. The molecule has 13 rings (SSSR count). The number of esters is 7. The Balaban J connectivity index is 0.912. The average molecular weight is 1420 g/mol. The van der Waals surface area contributed by atoms with E-state index in [1.807, 2.05) is 6.07 Å². The first-order valence-electron chi connectivity index (χ1n) is 36.6. The lowest BCUT2D eigenvalue weighted by Gasteiger charge is -2.71. The van der Waals surface area contributed by atoms with Crippen molar-refractivity contribution in [3.8, 4) is 0 Å². The molecule has 0 aromatic heterocycles. The Morgan fingerprint density at radius 3 is 1.47 bits per heavy atom. The maximum atomic E-state index is 15.0. The van der Waals surface area contributed by atoms with Crippen molar-refractivity contribution in [1.29, 1.82) is 0 Å². The summed E-state index contributed by atoms with van der Waals surface area (Å²) in [6.45, 7) is 19.2. The maximum absolute atomic E-state index is 15.0. The number of allylic oxidation sites excluding steroid dienone is 2. The van der Waals surface area contributed by atoms with Gasteiger partial charge in [-0.1, -0.05) is 175 Å². The van der Waals surface area contributed by atoms with Gasteiger partial charge in [0.1, 0.15) is 6.61 Å². The van der Waals surface area contributed by atoms with Crippen LogP contribution in [0.3, 0.4) is 0 Å². The maximum Gasteiger partial charge on any atom is 0.338 e. The van der Waals surface area contributed by atoms with Crippen molar-refractivity contribution in [3.05, 3.63) is 240 Å². The molecule has 0 bridgehead atoms. The Morgan fingerprint density at radius 1 is 0.481 bits per heavy atom. The van der Waals surface area contributed by atoms with Gasteiger partial charge < -0.3 is 52.1 Å². The normalized spacial score (nSPS) is 33.1. The van der Waals surface area contributed by atoms with Gasteiger partial charge in [-0.05, 0) is 183 Å². The molecule has 18 nitrogen and oxygen atoms in total. The molecule has 2 aliphatic heterocycles. The van der Waals surface area contributed by atoms with Gasteiger partial charge in [-0.2, -0.15) is 0 Å². The van der Waals surface area contributed by atoms with Crippen LogP contribution in [0.1, 0.15) is 175 Å². The summed E-state index contributed by atoms with van der Waals surface area (Å²) in [5, 5.41) is 0. The average Bonchev–Trinajstić information content (AvgIpc) is 0.674. The summed E-state index contributed by atoms with van der Waals surface area (Å²) in [5.74, 6) is -4.90. The van der Waals surface area contributed by atoms with Crippen LogP contribution in [0.4, 0.5) is 0 Å². The van der Waals surface area contributed by atoms with E-state index in [0.717, 1.165) is 38.5 Å². The third kappa shape index (κ3) is 14.2. The predicted octanol–water partition coefficient (Wildman–Crippen LogP) is 15.4. The topological polar surface area (TPSA) is 221 Å². The van der Waals surface area contributed by atoms with Crippen molar-refractivity contribution in [1.82, 2.24) is 0 Å². The number of benzene rings is 6. The fourth-order valence-corrected chi connectivity index (χ4v) is 18.9. The molecule has 6 aromatic rings. The van der Waals surface area contributed by atoms with Gasteiger partial charge in [0.15, 0.2) is 49.2 Å². The number of hydrogen-bond acceptors (Lipinski definition) is 18. The van der Waals surface area contributed by atoms with Gasteiger partial charge in [0.05, 0.1) is 64.2 Å². The predicted molar refractivity (Wildman–Crippen MR) is 383 cm³/mol. The van der Waals surface area contributed by atoms with Crippen LogP contribution in [0.15, 0.2) is 206 Å². The SMILES string of the molecule is C=CCOC(=O)[C@]12CCC(C)(C)C[C@H]1C1=CC[C@@H]3[C@@]4(C)CC[C@H](O[C@@H]5OC[C@H](OC(=O)c6ccccc6)[C@H](OC(=O)c6ccccc6)[C@H]5O[C@@H]5O[C@@H](C)[C@H](OC(=O)c6ccccc6)[C@@H](OC(=O)c6ccccc6)[C@H]5OC(=O)c5ccccc5)[C@@](C)(COC(=O)c5ccccc5)[C@@H]4CC[C@@]3(C)[C@]1(C)CC2. The first kappa shape index (κ1) is 73.3. The van der Waals surface area contributed by atoms with Crippen molar-refractivity contribution in [2.75, 3.05) is 19.8 Å². The molecule has 0 N–H and O–H groups in total. The first-order valence-corrected chi connectivity index (χ1v) is 36.6. The highest BCUT2D eigenvalue weighted by molar-refractivity contribution is 5.92. The van der Waals surface area contributed by atoms with Crippen LogP contribution < -0.4 is 0 Å². The Bertz CT molecular complexity index is 4110. The molecule has 0 radical (unpaired) electrons. The highest BCUT2D eigenvalue weighted by atomic mass is 16.8. The van der Waals surface area contributed by atoms with Crippen molar-refractivity contribution in [3.63, 3.8) is 0 Å². The summed E-state index contributed by atoms with van der Waals surface area (Å²) in [7, 11) is 0. The lowest BCUT2D eigenvalue weighted by molar-refractivity contribution is -0.363. The van der Waals surface area contributed by atoms with Gasteiger partial charge >= 0.3 is 41.8 Å². The Kier molecular flexibility index (Phi) is 21.3. The minimum absolute atomic E-state index is 0.00235. The Hall–Kier alpha value is -9.07. The van der Waals surface area contributed by atoms with E-state index in [-0.39, 0.29) is 81.0 Å². The number of rotatable bonds is 20. The zero-order valence-corrected chi connectivity index (χ0v) is 60.2. The third-order valence-corrected chi connectivity index (χ3v) is 24.6. The van der Waals surface area contributed by atoms with Crippen molar-refractivity contribution < 1.29 is 85.7 Å². The number of carbonyl (C=O) groups excluding carboxylic acids is 7. The standard InChI is InChI=1S/C86H94O18/c1-9-50-94-80(93)86-48-46-81(3,4)51-62(86)61-40-41-65-82(5)44-43-66(83(6,53-96-72(87)55-28-16-10-17-29-55)64(82)42-45-85(65,8)84(61,7)47-49-86)99-78-70(68(101-75(90)58-34-22-13-23-35-58)63(52-95-78)98-73(88)56-30-18-11-19-31-56)104-79-71(103-77(92)60-38-26-15-27-39-60)69(102-76(91)59-36-24-14-25-37-59)67(54(2)97-79)100-74(89)57-32-20-12-21-33-57/h9-40,54,62-71,78-79H,1,41-53H2,2-8H3/t54-,62-,63-,64+,65+,66-,67-,68-,69+,70+,71+,78-,79-,82-,83-,84+,85+,86-/m0/s1. The molecule has 6 fully saturated rings. The summed E-state index contributed by atoms with van der Waals surface area (Å²) in [6, 6.07) is 49.8. The first-order chi connectivity index (χ1) is 50.0. The number of carbonyl (C=O) groups is 7. The Morgan fingerprint density at radius 2 is 0.952 bits per heavy atom. The summed E-state index contributed by atoms with van der Waals surface area (Å²) in [4.78, 5) is 102. The largest absolute Gasteiger partial charge is 0.461 e. The highest BCUT2D eigenvalue weighted by Crippen LogP contribution is 2.76. The van der Waals surface area contributed by atoms with Crippen LogP contribution in [0, 0.1) is 50.2 Å². The van der Waals surface area contributed by atoms with Gasteiger partial charge in [0, 0.05) is 5.41 Å². The second-order valence-corrected chi connectivity index (χ2v) is 31.1. The fourth-order valence-electron chi connectivity index (χ4n) is 18.9. The molecule has 18 atom stereocenters. The molecule has 4 saturated carbocycles. The summed E-state index contributed by atoms with van der Waals surface area (Å²) in [5.41, 5.74) is -0.136. The lowest BCUT2D eigenvalue weighted by Crippen LogP contribution is -2.67. The van der Waals surface area contributed by atoms with E-state index < -0.39 is 120 Å². The second kappa shape index (κ2) is 30.2. The number of ether oxygens (including phenoxy) is 11. The van der Waals surface area contributed by atoms with E-state index in [0.29, 0.717) is 31.2 Å². The second-order valence-electron chi connectivity index (χ2n) is 31.1. The number of hydrogen-bond donors (Lipinski definition) is 0. The summed E-state index contributed by atoms with van der Waals surface area (Å²) in [6.07, 6.45) is -3.61. The van der Waals surface area contributed by atoms with Crippen LogP contribution in [0.2, 0.25) is 0 Å². The molecule has 546 valence electrons. The van der Waals surface area contributed by atoms with Gasteiger partial charge in [-0.3, -0.25) is 4.79 Å². The molecule has 0 amide bonds. The summed E-state index contributed by atoms with van der Waals surface area (Å²) >= 11 is 0. The van der Waals surface area contributed by atoms with E-state index >= 15 is 0 Å². The summed E-state index contributed by atoms with van der Waals surface area (Å²) < 4.78 is 73.6. The monoisotopic (exact) mass is 1410 g/mol. The van der Waals surface area contributed by atoms with Gasteiger partial charge in [0.25, 0.3) is 0 Å². The van der Waals surface area contributed by atoms with E-state index in [1.165, 1.54) is 17.7 Å².